The van der Waals surface area contributed by atoms with Gasteiger partial charge in [0.2, 0.25) is 0 Å². The molecule has 2 atom stereocenters. The van der Waals surface area contributed by atoms with Crippen molar-refractivity contribution in [3.63, 3.8) is 0 Å². The Morgan fingerprint density at radius 1 is 1.18 bits per heavy atom. The van der Waals surface area contributed by atoms with Gasteiger partial charge in [0.25, 0.3) is 0 Å². The number of ether oxygens (including phenoxy) is 1. The van der Waals surface area contributed by atoms with Gasteiger partial charge in [0.05, 0.1) is 12.2 Å². The molecular formula is C9H17NO. The Hall–Kier alpha value is -0.0800. The predicted molar refractivity (Wildman–Crippen MR) is 44.6 cm³/mol. The van der Waals surface area contributed by atoms with Crippen LogP contribution in [0.15, 0.2) is 0 Å². The third kappa shape index (κ3) is 1.57. The Kier molecular flexibility index (Phi) is 1.90. The van der Waals surface area contributed by atoms with Crippen molar-refractivity contribution in [1.29, 1.82) is 0 Å². The third-order valence-electron chi connectivity index (χ3n) is 2.75. The summed E-state index contributed by atoms with van der Waals surface area (Å²) < 4.78 is 5.82. The zero-order valence-corrected chi connectivity index (χ0v) is 7.42. The Labute approximate surface area is 68.5 Å². The lowest BCUT2D eigenvalue weighted by atomic mass is 9.91. The first kappa shape index (κ1) is 7.56. The smallest absolute Gasteiger partial charge is 0.0708 e. The van der Waals surface area contributed by atoms with E-state index in [0.717, 1.165) is 19.0 Å². The van der Waals surface area contributed by atoms with Gasteiger partial charge < -0.3 is 9.64 Å². The quantitative estimate of drug-likeness (QED) is 0.519. The maximum atomic E-state index is 5.82. The highest BCUT2D eigenvalue weighted by Gasteiger charge is 2.32. The second-order valence-electron chi connectivity index (χ2n) is 4.18. The number of likely N-dealkylation sites (tertiary alicyclic amines) is 1. The van der Waals surface area contributed by atoms with E-state index in [1.807, 2.05) is 0 Å². The fraction of sp³-hybridized carbons (Fsp3) is 1.00. The lowest BCUT2D eigenvalue weighted by Gasteiger charge is -2.42. The Morgan fingerprint density at radius 3 is 2.27 bits per heavy atom. The van der Waals surface area contributed by atoms with Gasteiger partial charge in [-0.05, 0) is 25.8 Å². The van der Waals surface area contributed by atoms with Crippen molar-refractivity contribution in [2.45, 2.75) is 32.0 Å². The molecule has 2 saturated heterocycles. The van der Waals surface area contributed by atoms with Crippen LogP contribution < -0.4 is 0 Å². The van der Waals surface area contributed by atoms with Gasteiger partial charge in [0, 0.05) is 13.1 Å². The molecule has 2 nitrogen and oxygen atoms in total. The summed E-state index contributed by atoms with van der Waals surface area (Å²) in [5.41, 5.74) is 0. The van der Waals surface area contributed by atoms with Gasteiger partial charge in [0.15, 0.2) is 0 Å². The molecule has 0 aromatic carbocycles. The molecule has 2 unspecified atom stereocenters. The maximum Gasteiger partial charge on any atom is 0.0708 e. The second-order valence-corrected chi connectivity index (χ2v) is 4.18. The molecule has 0 amide bonds. The molecule has 2 aliphatic heterocycles. The minimum atomic E-state index is 0.530. The largest absolute Gasteiger partial charge is 0.372 e. The fourth-order valence-electron chi connectivity index (χ4n) is 2.38. The predicted octanol–water partition coefficient (Wildman–Crippen LogP) is 1.12. The molecule has 2 aliphatic rings. The number of rotatable bonds is 0. The number of likely N-dealkylation sites (N-methyl/N-ethyl adjacent to an activating group) is 1. The van der Waals surface area contributed by atoms with E-state index in [1.165, 1.54) is 12.8 Å². The molecule has 0 aromatic rings. The molecule has 2 heteroatoms. The zero-order valence-electron chi connectivity index (χ0n) is 7.42. The summed E-state index contributed by atoms with van der Waals surface area (Å²) in [4.78, 5) is 2.39. The van der Waals surface area contributed by atoms with Gasteiger partial charge in [-0.1, -0.05) is 6.92 Å². The van der Waals surface area contributed by atoms with E-state index in [9.17, 15) is 0 Å². The summed E-state index contributed by atoms with van der Waals surface area (Å²) in [7, 11) is 2.19. The summed E-state index contributed by atoms with van der Waals surface area (Å²) in [5, 5.41) is 0. The van der Waals surface area contributed by atoms with E-state index in [2.05, 4.69) is 18.9 Å². The molecule has 64 valence electrons. The van der Waals surface area contributed by atoms with E-state index in [4.69, 9.17) is 4.74 Å². The average molecular weight is 155 g/mol. The van der Waals surface area contributed by atoms with Crippen LogP contribution in [-0.2, 0) is 4.74 Å². The van der Waals surface area contributed by atoms with Crippen molar-refractivity contribution in [1.82, 2.24) is 4.90 Å². The molecule has 0 spiro atoms. The molecule has 2 heterocycles. The van der Waals surface area contributed by atoms with Crippen LogP contribution in [0, 0.1) is 5.92 Å². The fourth-order valence-corrected chi connectivity index (χ4v) is 2.38. The van der Waals surface area contributed by atoms with Crippen LogP contribution >= 0.6 is 0 Å². The Morgan fingerprint density at radius 2 is 1.73 bits per heavy atom. The molecule has 0 saturated carbocycles. The van der Waals surface area contributed by atoms with Gasteiger partial charge in [0.1, 0.15) is 0 Å². The minimum Gasteiger partial charge on any atom is -0.372 e. The molecule has 0 aromatic heterocycles. The highest BCUT2D eigenvalue weighted by molar-refractivity contribution is 4.83. The van der Waals surface area contributed by atoms with Gasteiger partial charge in [-0.2, -0.15) is 0 Å². The first-order chi connectivity index (χ1) is 5.24. The van der Waals surface area contributed by atoms with Crippen molar-refractivity contribution < 1.29 is 4.74 Å². The zero-order chi connectivity index (χ0) is 7.84. The van der Waals surface area contributed by atoms with Crippen LogP contribution in [0.1, 0.15) is 19.8 Å². The number of hydrogen-bond donors (Lipinski definition) is 0. The first-order valence-corrected chi connectivity index (χ1v) is 4.58. The summed E-state index contributed by atoms with van der Waals surface area (Å²) in [6.45, 7) is 4.62. The number of nitrogens with zero attached hydrogens (tertiary/aromatic N) is 1. The molecule has 11 heavy (non-hydrogen) atoms. The second kappa shape index (κ2) is 2.76. The van der Waals surface area contributed by atoms with Crippen LogP contribution in [0.25, 0.3) is 0 Å². The molecule has 0 radical (unpaired) electrons. The van der Waals surface area contributed by atoms with Crippen LogP contribution in [0.5, 0.6) is 0 Å². The lowest BCUT2D eigenvalue weighted by molar-refractivity contribution is -0.121. The van der Waals surface area contributed by atoms with Gasteiger partial charge >= 0.3 is 0 Å². The lowest BCUT2D eigenvalue weighted by Crippen LogP contribution is -2.49. The average Bonchev–Trinajstić information content (AvgIpc) is 1.82. The number of morpholine rings is 1. The van der Waals surface area contributed by atoms with E-state index in [1.54, 1.807) is 0 Å². The van der Waals surface area contributed by atoms with Crippen molar-refractivity contribution in [2.24, 2.45) is 5.92 Å². The normalized spacial score (nSPS) is 45.8. The summed E-state index contributed by atoms with van der Waals surface area (Å²) >= 11 is 0. The van der Waals surface area contributed by atoms with E-state index >= 15 is 0 Å². The highest BCUT2D eigenvalue weighted by Crippen LogP contribution is 2.28. The SMILES string of the molecule is CC1CC2CN(C)CC(C1)O2. The molecule has 2 bridgehead atoms. The van der Waals surface area contributed by atoms with Crippen LogP contribution in [0.2, 0.25) is 0 Å². The first-order valence-electron chi connectivity index (χ1n) is 4.58. The minimum absolute atomic E-state index is 0.530. The Balaban J connectivity index is 2.00. The van der Waals surface area contributed by atoms with E-state index in [-0.39, 0.29) is 0 Å². The van der Waals surface area contributed by atoms with Gasteiger partial charge in [-0.3, -0.25) is 0 Å². The van der Waals surface area contributed by atoms with Crippen LogP contribution in [0.3, 0.4) is 0 Å². The standard InChI is InChI=1S/C9H17NO/c1-7-3-8-5-10(2)6-9(4-7)11-8/h7-9H,3-6H2,1-2H3. The summed E-state index contributed by atoms with van der Waals surface area (Å²) in [6, 6.07) is 0. The number of hydrogen-bond acceptors (Lipinski definition) is 2. The van der Waals surface area contributed by atoms with Crippen molar-refractivity contribution >= 4 is 0 Å². The highest BCUT2D eigenvalue weighted by atomic mass is 16.5. The van der Waals surface area contributed by atoms with E-state index in [0.29, 0.717) is 12.2 Å². The molecule has 0 N–H and O–H groups in total. The topological polar surface area (TPSA) is 12.5 Å². The molecular weight excluding hydrogens is 138 g/mol. The summed E-state index contributed by atoms with van der Waals surface area (Å²) in [5.74, 6) is 0.882. The van der Waals surface area contributed by atoms with Gasteiger partial charge in [-0.25, -0.2) is 0 Å². The monoisotopic (exact) mass is 155 g/mol. The molecule has 2 fully saturated rings. The number of fused-ring (bicyclic) bond motifs is 2. The van der Waals surface area contributed by atoms with Crippen molar-refractivity contribution in [2.75, 3.05) is 20.1 Å². The van der Waals surface area contributed by atoms with E-state index < -0.39 is 0 Å². The molecule has 2 rings (SSSR count). The van der Waals surface area contributed by atoms with Gasteiger partial charge in [-0.15, -0.1) is 0 Å². The van der Waals surface area contributed by atoms with Crippen LogP contribution in [-0.4, -0.2) is 37.2 Å². The van der Waals surface area contributed by atoms with Crippen LogP contribution in [0.4, 0.5) is 0 Å². The summed E-state index contributed by atoms with van der Waals surface area (Å²) in [6.07, 6.45) is 3.59. The molecule has 0 aliphatic carbocycles. The Bertz CT molecular complexity index is 115. The van der Waals surface area contributed by atoms with Crippen molar-refractivity contribution in [3.8, 4) is 0 Å². The van der Waals surface area contributed by atoms with Crippen molar-refractivity contribution in [3.05, 3.63) is 0 Å². The maximum absolute atomic E-state index is 5.82. The third-order valence-corrected chi connectivity index (χ3v) is 2.75.